The van der Waals surface area contributed by atoms with Gasteiger partial charge in [0.1, 0.15) is 23.3 Å². The molecule has 0 aliphatic carbocycles. The van der Waals surface area contributed by atoms with Crippen LogP contribution in [0.4, 0.5) is 5.13 Å². The van der Waals surface area contributed by atoms with Gasteiger partial charge in [-0.1, -0.05) is 17.4 Å². The van der Waals surface area contributed by atoms with Crippen molar-refractivity contribution in [1.82, 2.24) is 9.97 Å². The van der Waals surface area contributed by atoms with E-state index in [4.69, 9.17) is 9.47 Å². The predicted octanol–water partition coefficient (Wildman–Crippen LogP) is 5.49. The first-order valence-corrected chi connectivity index (χ1v) is 12.6. The predicted molar refractivity (Wildman–Crippen MR) is 141 cm³/mol. The number of hydrogen-bond donors (Lipinski definition) is 1. The van der Waals surface area contributed by atoms with Gasteiger partial charge in [0.05, 0.1) is 39.7 Å². The van der Waals surface area contributed by atoms with Gasteiger partial charge in [0.2, 0.25) is 0 Å². The van der Waals surface area contributed by atoms with Crippen LogP contribution < -0.4 is 14.4 Å². The molecule has 2 aromatic carbocycles. The number of benzene rings is 2. The monoisotopic (exact) mass is 565 g/mol. The number of aromatic nitrogens is 2. The number of rotatable bonds is 6. The van der Waals surface area contributed by atoms with Crippen molar-refractivity contribution in [3.63, 3.8) is 0 Å². The first-order chi connectivity index (χ1) is 17.4. The lowest BCUT2D eigenvalue weighted by Crippen LogP contribution is -2.29. The molecule has 1 aliphatic heterocycles. The van der Waals surface area contributed by atoms with Crippen LogP contribution in [0, 0.1) is 0 Å². The molecule has 0 saturated carbocycles. The molecule has 36 heavy (non-hydrogen) atoms. The summed E-state index contributed by atoms with van der Waals surface area (Å²) in [5.74, 6) is -0.661. The summed E-state index contributed by atoms with van der Waals surface area (Å²) in [5.41, 5.74) is 1.39. The molecule has 4 aromatic rings. The maximum absolute atomic E-state index is 13.4. The number of ether oxygens (including phenoxy) is 2. The van der Waals surface area contributed by atoms with Gasteiger partial charge >= 0.3 is 5.91 Å². The molecule has 1 fully saturated rings. The lowest BCUT2D eigenvalue weighted by atomic mass is 9.98. The van der Waals surface area contributed by atoms with Crippen LogP contribution in [0.15, 0.2) is 70.8 Å². The maximum Gasteiger partial charge on any atom is 0.301 e. The van der Waals surface area contributed by atoms with E-state index in [-0.39, 0.29) is 11.3 Å². The highest BCUT2D eigenvalue weighted by atomic mass is 79.9. The fourth-order valence-corrected chi connectivity index (χ4v) is 5.63. The van der Waals surface area contributed by atoms with Crippen molar-refractivity contribution in [2.45, 2.75) is 13.0 Å². The molecule has 8 nitrogen and oxygen atoms in total. The van der Waals surface area contributed by atoms with E-state index < -0.39 is 17.7 Å². The molecule has 5 rings (SSSR count). The third kappa shape index (κ3) is 4.12. The fourth-order valence-electron chi connectivity index (χ4n) is 4.07. The number of carbonyl (C=O) groups is 2. The molecule has 1 N–H and O–H groups in total. The maximum atomic E-state index is 13.4. The Balaban J connectivity index is 1.68. The summed E-state index contributed by atoms with van der Waals surface area (Å²) in [5, 5.41) is 11.6. The van der Waals surface area contributed by atoms with Crippen LogP contribution in [-0.2, 0) is 9.59 Å². The molecule has 1 amide bonds. The zero-order chi connectivity index (χ0) is 25.4. The van der Waals surface area contributed by atoms with E-state index in [0.717, 1.165) is 4.70 Å². The Kier molecular flexibility index (Phi) is 6.46. The number of methoxy groups -OCH3 is 1. The summed E-state index contributed by atoms with van der Waals surface area (Å²) < 4.78 is 12.2. The van der Waals surface area contributed by atoms with E-state index in [0.29, 0.717) is 44.5 Å². The van der Waals surface area contributed by atoms with E-state index in [2.05, 4.69) is 25.9 Å². The van der Waals surface area contributed by atoms with E-state index in [1.807, 2.05) is 19.1 Å². The normalized spacial score (nSPS) is 17.1. The molecule has 0 bridgehead atoms. The van der Waals surface area contributed by atoms with Gasteiger partial charge in [-0.3, -0.25) is 19.5 Å². The molecule has 10 heteroatoms. The number of hydrogen-bond acceptors (Lipinski definition) is 8. The molecule has 182 valence electrons. The van der Waals surface area contributed by atoms with Crippen LogP contribution in [0.3, 0.4) is 0 Å². The number of halogens is 1. The highest BCUT2D eigenvalue weighted by Gasteiger charge is 2.48. The van der Waals surface area contributed by atoms with Gasteiger partial charge in [0, 0.05) is 11.8 Å². The number of thiazole rings is 1. The number of pyridine rings is 1. The van der Waals surface area contributed by atoms with Crippen LogP contribution in [0.1, 0.15) is 24.2 Å². The Bertz CT molecular complexity index is 1520. The number of amides is 1. The van der Waals surface area contributed by atoms with Gasteiger partial charge in [0.15, 0.2) is 5.13 Å². The van der Waals surface area contributed by atoms with Gasteiger partial charge in [-0.2, -0.15) is 0 Å². The summed E-state index contributed by atoms with van der Waals surface area (Å²) in [6.45, 7) is 2.42. The average Bonchev–Trinajstić information content (AvgIpc) is 3.42. The molecular weight excluding hydrogens is 546 g/mol. The number of aliphatic hydroxyl groups is 1. The van der Waals surface area contributed by atoms with Gasteiger partial charge in [0.25, 0.3) is 5.78 Å². The highest BCUT2D eigenvalue weighted by Crippen LogP contribution is 2.44. The molecule has 1 unspecified atom stereocenters. The lowest BCUT2D eigenvalue weighted by molar-refractivity contribution is -0.132. The summed E-state index contributed by atoms with van der Waals surface area (Å²) in [4.78, 5) is 37.0. The topological polar surface area (TPSA) is 102 Å². The second-order valence-corrected chi connectivity index (χ2v) is 9.70. The fraction of sp³-hybridized carbons (Fsp3) is 0.154. The summed E-state index contributed by atoms with van der Waals surface area (Å²) in [6, 6.07) is 14.6. The summed E-state index contributed by atoms with van der Waals surface area (Å²) in [7, 11) is 1.53. The lowest BCUT2D eigenvalue weighted by Gasteiger charge is -2.22. The summed E-state index contributed by atoms with van der Waals surface area (Å²) in [6.07, 6.45) is 1.58. The van der Waals surface area contributed by atoms with Crippen LogP contribution in [0.2, 0.25) is 0 Å². The first-order valence-electron chi connectivity index (χ1n) is 11.0. The van der Waals surface area contributed by atoms with Crippen LogP contribution in [0.5, 0.6) is 11.5 Å². The average molecular weight is 566 g/mol. The SMILES string of the molecule is CCOc1ccc2nc(N3C(=O)C(=O)/C(=C(/O)c4ccc(OC)c(Br)c4)C3c3ccccn3)sc2c1. The number of fused-ring (bicyclic) bond motifs is 1. The van der Waals surface area contributed by atoms with Gasteiger partial charge in [-0.05, 0) is 71.4 Å². The number of aliphatic hydroxyl groups excluding tert-OH is 1. The van der Waals surface area contributed by atoms with Crippen molar-refractivity contribution in [3.8, 4) is 11.5 Å². The van der Waals surface area contributed by atoms with Gasteiger partial charge in [-0.15, -0.1) is 0 Å². The number of carbonyl (C=O) groups excluding carboxylic acids is 2. The molecule has 0 spiro atoms. The third-order valence-electron chi connectivity index (χ3n) is 5.70. The third-order valence-corrected chi connectivity index (χ3v) is 7.34. The Labute approximate surface area is 219 Å². The molecule has 3 heterocycles. The van der Waals surface area contributed by atoms with Crippen molar-refractivity contribution in [2.24, 2.45) is 0 Å². The largest absolute Gasteiger partial charge is 0.507 e. The smallest absolute Gasteiger partial charge is 0.301 e. The van der Waals surface area contributed by atoms with E-state index >= 15 is 0 Å². The number of anilines is 1. The molecule has 1 atom stereocenters. The van der Waals surface area contributed by atoms with Crippen LogP contribution >= 0.6 is 27.3 Å². The second-order valence-electron chi connectivity index (χ2n) is 7.83. The molecule has 2 aromatic heterocycles. The van der Waals surface area contributed by atoms with Crippen LogP contribution in [0.25, 0.3) is 16.0 Å². The molecular formula is C26H20BrN3O5S. The zero-order valence-electron chi connectivity index (χ0n) is 19.3. The Morgan fingerprint density at radius 2 is 2.00 bits per heavy atom. The van der Waals surface area contributed by atoms with E-state index in [1.54, 1.807) is 48.7 Å². The van der Waals surface area contributed by atoms with Crippen molar-refractivity contribution in [3.05, 3.63) is 82.1 Å². The van der Waals surface area contributed by atoms with Gasteiger partial charge in [-0.25, -0.2) is 4.98 Å². The Morgan fingerprint density at radius 1 is 1.17 bits per heavy atom. The van der Waals surface area contributed by atoms with Crippen molar-refractivity contribution in [2.75, 3.05) is 18.6 Å². The van der Waals surface area contributed by atoms with E-state index in [9.17, 15) is 14.7 Å². The van der Waals surface area contributed by atoms with Gasteiger partial charge < -0.3 is 14.6 Å². The summed E-state index contributed by atoms with van der Waals surface area (Å²) >= 11 is 4.67. The quantitative estimate of drug-likeness (QED) is 0.187. The zero-order valence-corrected chi connectivity index (χ0v) is 21.7. The number of Topliss-reactive ketones (excluding diaryl/α,β-unsaturated/α-hetero) is 1. The van der Waals surface area contributed by atoms with Crippen molar-refractivity contribution in [1.29, 1.82) is 0 Å². The Morgan fingerprint density at radius 3 is 2.69 bits per heavy atom. The first kappa shape index (κ1) is 24.0. The second kappa shape index (κ2) is 9.71. The Hall–Kier alpha value is -3.76. The molecule has 1 aliphatic rings. The highest BCUT2D eigenvalue weighted by molar-refractivity contribution is 9.10. The minimum absolute atomic E-state index is 0.0648. The van der Waals surface area contributed by atoms with E-state index in [1.165, 1.54) is 23.3 Å². The number of nitrogens with zero attached hydrogens (tertiary/aromatic N) is 3. The minimum Gasteiger partial charge on any atom is -0.507 e. The van der Waals surface area contributed by atoms with Crippen LogP contribution in [-0.4, -0.2) is 40.5 Å². The molecule has 1 saturated heterocycles. The van der Waals surface area contributed by atoms with Crippen molar-refractivity contribution >= 4 is 60.1 Å². The van der Waals surface area contributed by atoms with Crippen molar-refractivity contribution < 1.29 is 24.2 Å². The minimum atomic E-state index is -0.959. The standard InChI is InChI=1S/C26H20BrN3O5S/c1-3-35-15-8-9-17-20(13-15)36-26(29-17)30-22(18-6-4-5-11-28-18)21(24(32)25(30)33)23(31)14-7-10-19(34-2)16(27)12-14/h4-13,22,31H,3H2,1-2H3/b23-21+. The number of ketones is 1. The molecule has 0 radical (unpaired) electrons.